The van der Waals surface area contributed by atoms with Crippen LogP contribution in [0.5, 0.6) is 5.75 Å². The van der Waals surface area contributed by atoms with Crippen LogP contribution >= 0.6 is 0 Å². The summed E-state index contributed by atoms with van der Waals surface area (Å²) in [5.74, 6) is 1.78. The van der Waals surface area contributed by atoms with Gasteiger partial charge in [-0.05, 0) is 49.8 Å². The van der Waals surface area contributed by atoms with Gasteiger partial charge in [0.05, 0.1) is 7.11 Å². The van der Waals surface area contributed by atoms with Crippen LogP contribution in [-0.2, 0) is 6.42 Å². The zero-order valence-electron chi connectivity index (χ0n) is 12.9. The van der Waals surface area contributed by atoms with Crippen LogP contribution in [0.4, 0.5) is 0 Å². The van der Waals surface area contributed by atoms with Crippen LogP contribution in [0, 0.1) is 5.92 Å². The summed E-state index contributed by atoms with van der Waals surface area (Å²) in [6, 6.07) is 8.91. The molecule has 0 bridgehead atoms. The number of rotatable bonds is 9. The van der Waals surface area contributed by atoms with Crippen molar-refractivity contribution in [1.29, 1.82) is 0 Å². The van der Waals surface area contributed by atoms with Gasteiger partial charge in [0.25, 0.3) is 0 Å². The van der Waals surface area contributed by atoms with E-state index in [1.54, 1.807) is 7.11 Å². The normalized spacial score (nSPS) is 12.7. The van der Waals surface area contributed by atoms with Crippen molar-refractivity contribution in [3.8, 4) is 5.75 Å². The lowest BCUT2D eigenvalue weighted by Crippen LogP contribution is -2.32. The summed E-state index contributed by atoms with van der Waals surface area (Å²) in [7, 11) is 1.75. The quantitative estimate of drug-likeness (QED) is 0.726. The van der Waals surface area contributed by atoms with E-state index in [4.69, 9.17) is 4.74 Å². The molecule has 0 aliphatic carbocycles. The van der Waals surface area contributed by atoms with Gasteiger partial charge in [0.1, 0.15) is 5.75 Å². The second kappa shape index (κ2) is 8.98. The first-order valence-corrected chi connectivity index (χ1v) is 7.52. The van der Waals surface area contributed by atoms with E-state index in [2.05, 4.69) is 44.3 Å². The number of hydrogen-bond donors (Lipinski definition) is 1. The van der Waals surface area contributed by atoms with Gasteiger partial charge in [-0.25, -0.2) is 0 Å². The maximum atomic E-state index is 5.45. The molecule has 1 unspecified atom stereocenters. The molecule has 0 aliphatic rings. The first-order valence-electron chi connectivity index (χ1n) is 7.52. The molecule has 0 heterocycles. The van der Waals surface area contributed by atoms with Crippen molar-refractivity contribution in [2.45, 2.75) is 52.5 Å². The van der Waals surface area contributed by atoms with Crippen molar-refractivity contribution in [3.05, 3.63) is 29.8 Å². The van der Waals surface area contributed by atoms with Crippen LogP contribution in [0.1, 0.15) is 45.6 Å². The number of methoxy groups -OCH3 is 1. The maximum Gasteiger partial charge on any atom is 0.122 e. The molecule has 0 aromatic heterocycles. The Bertz CT molecular complexity index is 349. The van der Waals surface area contributed by atoms with Crippen LogP contribution in [0.3, 0.4) is 0 Å². The lowest BCUT2D eigenvalue weighted by atomic mass is 9.97. The average Bonchev–Trinajstić information content (AvgIpc) is 2.42. The predicted octanol–water partition coefficient (Wildman–Crippen LogP) is 4.04. The topological polar surface area (TPSA) is 21.3 Å². The van der Waals surface area contributed by atoms with Crippen LogP contribution < -0.4 is 10.1 Å². The highest BCUT2D eigenvalue weighted by Crippen LogP contribution is 2.20. The zero-order valence-corrected chi connectivity index (χ0v) is 12.9. The summed E-state index contributed by atoms with van der Waals surface area (Å²) in [4.78, 5) is 0. The standard InChI is InChI=1S/C17H29NO/c1-5-12-18-16(11-10-14(2)3)13-15-8-6-7-9-17(15)19-4/h6-9,14,16,18H,5,10-13H2,1-4H3. The molecule has 19 heavy (non-hydrogen) atoms. The van der Waals surface area contributed by atoms with Crippen molar-refractivity contribution < 1.29 is 4.74 Å². The Morgan fingerprint density at radius 3 is 2.53 bits per heavy atom. The lowest BCUT2D eigenvalue weighted by Gasteiger charge is -2.20. The van der Waals surface area contributed by atoms with Crippen LogP contribution in [0.2, 0.25) is 0 Å². The van der Waals surface area contributed by atoms with Crippen LogP contribution in [0.25, 0.3) is 0 Å². The van der Waals surface area contributed by atoms with E-state index in [0.29, 0.717) is 6.04 Å². The van der Waals surface area contributed by atoms with Crippen molar-refractivity contribution in [3.63, 3.8) is 0 Å². The van der Waals surface area contributed by atoms with Crippen LogP contribution in [-0.4, -0.2) is 19.7 Å². The van der Waals surface area contributed by atoms with Gasteiger partial charge in [-0.15, -0.1) is 0 Å². The van der Waals surface area contributed by atoms with Gasteiger partial charge in [0.15, 0.2) is 0 Å². The second-order valence-electron chi connectivity index (χ2n) is 5.64. The van der Waals surface area contributed by atoms with Crippen molar-refractivity contribution in [2.24, 2.45) is 5.92 Å². The SMILES string of the molecule is CCCNC(CCC(C)C)Cc1ccccc1OC. The summed E-state index contributed by atoms with van der Waals surface area (Å²) in [5, 5.41) is 3.67. The highest BCUT2D eigenvalue weighted by atomic mass is 16.5. The first-order chi connectivity index (χ1) is 9.17. The van der Waals surface area contributed by atoms with Crippen molar-refractivity contribution in [2.75, 3.05) is 13.7 Å². The van der Waals surface area contributed by atoms with E-state index in [-0.39, 0.29) is 0 Å². The van der Waals surface area contributed by atoms with Gasteiger partial charge in [0, 0.05) is 6.04 Å². The van der Waals surface area contributed by atoms with Gasteiger partial charge in [-0.1, -0.05) is 39.0 Å². The Morgan fingerprint density at radius 1 is 1.16 bits per heavy atom. The minimum Gasteiger partial charge on any atom is -0.496 e. The highest BCUT2D eigenvalue weighted by molar-refractivity contribution is 5.33. The molecular weight excluding hydrogens is 234 g/mol. The molecule has 108 valence electrons. The first kappa shape index (κ1) is 16.0. The Hall–Kier alpha value is -1.02. The highest BCUT2D eigenvalue weighted by Gasteiger charge is 2.12. The van der Waals surface area contributed by atoms with E-state index >= 15 is 0 Å². The summed E-state index contributed by atoms with van der Waals surface area (Å²) >= 11 is 0. The summed E-state index contributed by atoms with van der Waals surface area (Å²) < 4.78 is 5.45. The van der Waals surface area contributed by atoms with Crippen molar-refractivity contribution >= 4 is 0 Å². The minimum atomic E-state index is 0.554. The molecule has 1 rings (SSSR count). The Balaban J connectivity index is 2.63. The van der Waals surface area contributed by atoms with Gasteiger partial charge in [0.2, 0.25) is 0 Å². The second-order valence-corrected chi connectivity index (χ2v) is 5.64. The molecule has 0 spiro atoms. The van der Waals surface area contributed by atoms with Gasteiger partial charge in [-0.2, -0.15) is 0 Å². The van der Waals surface area contributed by atoms with E-state index in [0.717, 1.165) is 24.6 Å². The fourth-order valence-electron chi connectivity index (χ4n) is 2.30. The average molecular weight is 263 g/mol. The molecule has 1 aromatic rings. The molecule has 0 saturated heterocycles. The number of hydrogen-bond acceptors (Lipinski definition) is 2. The fraction of sp³-hybridized carbons (Fsp3) is 0.647. The van der Waals surface area contributed by atoms with E-state index in [9.17, 15) is 0 Å². The maximum absolute atomic E-state index is 5.45. The molecule has 1 N–H and O–H groups in total. The number of nitrogens with one attached hydrogen (secondary N) is 1. The summed E-state index contributed by atoms with van der Waals surface area (Å²) in [6.45, 7) is 7.90. The minimum absolute atomic E-state index is 0.554. The smallest absolute Gasteiger partial charge is 0.122 e. The summed E-state index contributed by atoms with van der Waals surface area (Å²) in [6.07, 6.45) is 4.74. The molecule has 0 radical (unpaired) electrons. The Kier molecular flexibility index (Phi) is 7.57. The molecule has 2 nitrogen and oxygen atoms in total. The molecule has 0 aliphatic heterocycles. The lowest BCUT2D eigenvalue weighted by molar-refractivity contribution is 0.395. The molecule has 0 saturated carbocycles. The molecule has 1 atom stereocenters. The Morgan fingerprint density at radius 2 is 1.89 bits per heavy atom. The zero-order chi connectivity index (χ0) is 14.1. The molecule has 0 amide bonds. The molecule has 1 aromatic carbocycles. The largest absolute Gasteiger partial charge is 0.496 e. The number of benzene rings is 1. The monoisotopic (exact) mass is 263 g/mol. The fourth-order valence-corrected chi connectivity index (χ4v) is 2.30. The third kappa shape index (κ3) is 6.11. The van der Waals surface area contributed by atoms with Gasteiger partial charge < -0.3 is 10.1 Å². The van der Waals surface area contributed by atoms with Gasteiger partial charge >= 0.3 is 0 Å². The molecule has 0 fully saturated rings. The van der Waals surface area contributed by atoms with E-state index < -0.39 is 0 Å². The van der Waals surface area contributed by atoms with Crippen molar-refractivity contribution in [1.82, 2.24) is 5.32 Å². The van der Waals surface area contributed by atoms with E-state index in [1.807, 2.05) is 6.07 Å². The Labute approximate surface area is 118 Å². The number of ether oxygens (including phenoxy) is 1. The summed E-state index contributed by atoms with van der Waals surface area (Å²) in [5.41, 5.74) is 1.31. The molecular formula is C17H29NO. The van der Waals surface area contributed by atoms with Crippen LogP contribution in [0.15, 0.2) is 24.3 Å². The third-order valence-corrected chi connectivity index (χ3v) is 3.43. The molecule has 2 heteroatoms. The third-order valence-electron chi connectivity index (χ3n) is 3.43. The van der Waals surface area contributed by atoms with Gasteiger partial charge in [-0.3, -0.25) is 0 Å². The number of para-hydroxylation sites is 1. The van der Waals surface area contributed by atoms with E-state index in [1.165, 1.54) is 24.8 Å². The predicted molar refractivity (Wildman–Crippen MR) is 82.9 cm³/mol.